The number of carbonyl (C=O) groups excluding carboxylic acids is 2. The highest BCUT2D eigenvalue weighted by Crippen LogP contribution is 2.11. The third-order valence-electron chi connectivity index (χ3n) is 3.01. The molecule has 2 aliphatic heterocycles. The fraction of sp³-hybridized carbons (Fsp3) is 0.375. The van der Waals surface area contributed by atoms with Gasteiger partial charge < -0.3 is 14.8 Å². The van der Waals surface area contributed by atoms with Gasteiger partial charge in [-0.25, -0.2) is 9.59 Å². The molecule has 0 unspecified atom stereocenters. The van der Waals surface area contributed by atoms with Gasteiger partial charge in [-0.05, 0) is 63.1 Å². The summed E-state index contributed by atoms with van der Waals surface area (Å²) in [5.74, 6) is 0.698. The molecule has 0 aromatic carbocycles. The molecule has 112 valence electrons. The maximum absolute atomic E-state index is 10.8. The van der Waals surface area contributed by atoms with Gasteiger partial charge in [-0.15, -0.1) is 0 Å². The first kappa shape index (κ1) is 15.3. The topological polar surface area (TPSA) is 64.6 Å². The fourth-order valence-corrected chi connectivity index (χ4v) is 1.96. The number of rotatable bonds is 8. The fourth-order valence-electron chi connectivity index (χ4n) is 1.96. The van der Waals surface area contributed by atoms with E-state index in [9.17, 15) is 9.59 Å². The quantitative estimate of drug-likeness (QED) is 0.548. The molecule has 5 heteroatoms. The molecule has 0 fully saturated rings. The van der Waals surface area contributed by atoms with Crippen molar-refractivity contribution >= 4 is 11.9 Å². The first-order valence-electron chi connectivity index (χ1n) is 7.15. The number of carbonyl (C=O) groups is 2. The molecule has 2 heterocycles. The Kier molecular flexibility index (Phi) is 5.97. The molecule has 0 aliphatic carbocycles. The minimum Gasteiger partial charge on any atom is -0.424 e. The third-order valence-corrected chi connectivity index (χ3v) is 3.01. The predicted octanol–water partition coefficient (Wildman–Crippen LogP) is 2.13. The molecule has 0 amide bonds. The highest BCUT2D eigenvalue weighted by Gasteiger charge is 2.08. The molecule has 0 atom stereocenters. The minimum absolute atomic E-state index is 0.295. The van der Waals surface area contributed by atoms with Crippen LogP contribution >= 0.6 is 0 Å². The lowest BCUT2D eigenvalue weighted by Gasteiger charge is -2.02. The molecule has 0 saturated carbocycles. The number of hydrogen-bond donors (Lipinski definition) is 1. The summed E-state index contributed by atoms with van der Waals surface area (Å²) < 4.78 is 9.84. The van der Waals surface area contributed by atoms with Crippen molar-refractivity contribution in [3.63, 3.8) is 0 Å². The van der Waals surface area contributed by atoms with E-state index in [1.165, 1.54) is 12.2 Å². The number of hydrogen-bond acceptors (Lipinski definition) is 5. The first-order chi connectivity index (χ1) is 10.2. The van der Waals surface area contributed by atoms with Crippen molar-refractivity contribution in [2.45, 2.75) is 25.7 Å². The largest absolute Gasteiger partial charge is 0.424 e. The van der Waals surface area contributed by atoms with E-state index in [0.29, 0.717) is 11.5 Å². The maximum atomic E-state index is 10.8. The van der Waals surface area contributed by atoms with Gasteiger partial charge in [-0.3, -0.25) is 0 Å². The molecule has 0 radical (unpaired) electrons. The van der Waals surface area contributed by atoms with Crippen LogP contribution in [0.4, 0.5) is 0 Å². The van der Waals surface area contributed by atoms with E-state index in [-0.39, 0.29) is 11.9 Å². The Morgan fingerprint density at radius 3 is 1.67 bits per heavy atom. The van der Waals surface area contributed by atoms with Crippen LogP contribution in [0.15, 0.2) is 48.0 Å². The van der Waals surface area contributed by atoms with Gasteiger partial charge in [0.1, 0.15) is 11.5 Å². The van der Waals surface area contributed by atoms with Crippen molar-refractivity contribution in [3.8, 4) is 0 Å². The van der Waals surface area contributed by atoms with Gasteiger partial charge in [0.15, 0.2) is 0 Å². The summed E-state index contributed by atoms with van der Waals surface area (Å²) in [6.45, 7) is 1.85. The van der Waals surface area contributed by atoms with Crippen LogP contribution in [0.3, 0.4) is 0 Å². The van der Waals surface area contributed by atoms with E-state index in [1.54, 1.807) is 12.2 Å². The number of ether oxygens (including phenoxy) is 2. The Morgan fingerprint density at radius 2 is 1.29 bits per heavy atom. The van der Waals surface area contributed by atoms with Gasteiger partial charge >= 0.3 is 11.9 Å². The number of allylic oxidation sites excluding steroid dienone is 4. The molecule has 0 aromatic rings. The Balaban J connectivity index is 1.44. The molecular formula is C16H19NO4. The summed E-state index contributed by atoms with van der Waals surface area (Å²) in [7, 11) is 0. The lowest BCUT2D eigenvalue weighted by Crippen LogP contribution is -2.16. The molecule has 21 heavy (non-hydrogen) atoms. The molecular weight excluding hydrogens is 270 g/mol. The van der Waals surface area contributed by atoms with Crippen molar-refractivity contribution in [2.24, 2.45) is 0 Å². The molecule has 0 saturated heterocycles. The average molecular weight is 289 g/mol. The van der Waals surface area contributed by atoms with Crippen LogP contribution in [0.2, 0.25) is 0 Å². The summed E-state index contributed by atoms with van der Waals surface area (Å²) in [6.07, 6.45) is 13.8. The van der Waals surface area contributed by atoms with Crippen LogP contribution in [0.5, 0.6) is 0 Å². The Morgan fingerprint density at radius 1 is 0.810 bits per heavy atom. The molecule has 0 aromatic heterocycles. The van der Waals surface area contributed by atoms with Crippen LogP contribution in [0.25, 0.3) is 0 Å². The van der Waals surface area contributed by atoms with Crippen LogP contribution in [-0.2, 0) is 19.1 Å². The summed E-state index contributed by atoms with van der Waals surface area (Å²) in [4.78, 5) is 21.6. The predicted molar refractivity (Wildman–Crippen MR) is 78.0 cm³/mol. The lowest BCUT2D eigenvalue weighted by molar-refractivity contribution is -0.133. The van der Waals surface area contributed by atoms with Crippen molar-refractivity contribution in [3.05, 3.63) is 48.0 Å². The van der Waals surface area contributed by atoms with Gasteiger partial charge in [0.05, 0.1) is 0 Å². The zero-order valence-electron chi connectivity index (χ0n) is 11.8. The number of cyclic esters (lactones) is 2. The van der Waals surface area contributed by atoms with Gasteiger partial charge in [0.25, 0.3) is 0 Å². The van der Waals surface area contributed by atoms with E-state index in [4.69, 9.17) is 9.47 Å². The lowest BCUT2D eigenvalue weighted by atomic mass is 10.2. The highest BCUT2D eigenvalue weighted by molar-refractivity contribution is 5.86. The first-order valence-corrected chi connectivity index (χ1v) is 7.15. The van der Waals surface area contributed by atoms with Crippen LogP contribution < -0.4 is 5.32 Å². The van der Waals surface area contributed by atoms with Gasteiger partial charge in [-0.1, -0.05) is 0 Å². The molecule has 2 rings (SSSR count). The molecule has 2 aliphatic rings. The van der Waals surface area contributed by atoms with E-state index >= 15 is 0 Å². The average Bonchev–Trinajstić information content (AvgIpc) is 3.06. The van der Waals surface area contributed by atoms with Crippen molar-refractivity contribution < 1.29 is 19.1 Å². The van der Waals surface area contributed by atoms with E-state index in [0.717, 1.165) is 38.8 Å². The summed E-state index contributed by atoms with van der Waals surface area (Å²) in [5, 5.41) is 3.34. The van der Waals surface area contributed by atoms with E-state index < -0.39 is 0 Å². The summed E-state index contributed by atoms with van der Waals surface area (Å²) in [5.41, 5.74) is 0. The van der Waals surface area contributed by atoms with Gasteiger partial charge in [0.2, 0.25) is 0 Å². The van der Waals surface area contributed by atoms with E-state index in [2.05, 4.69) is 5.32 Å². The van der Waals surface area contributed by atoms with Crippen molar-refractivity contribution in [2.75, 3.05) is 13.1 Å². The second-order valence-corrected chi connectivity index (χ2v) is 4.76. The maximum Gasteiger partial charge on any atom is 0.336 e. The van der Waals surface area contributed by atoms with Crippen molar-refractivity contribution in [1.29, 1.82) is 0 Å². The Bertz CT molecular complexity index is 468. The molecule has 0 spiro atoms. The second kappa shape index (κ2) is 8.21. The van der Waals surface area contributed by atoms with Crippen LogP contribution in [0, 0.1) is 0 Å². The van der Waals surface area contributed by atoms with Crippen LogP contribution in [-0.4, -0.2) is 25.0 Å². The van der Waals surface area contributed by atoms with Crippen molar-refractivity contribution in [1.82, 2.24) is 5.32 Å². The Labute approximate surface area is 124 Å². The molecule has 0 bridgehead atoms. The van der Waals surface area contributed by atoms with E-state index in [1.807, 2.05) is 12.2 Å². The SMILES string of the molecule is O=C1C=C/C(=C\CCCNCCC/C=C2\C=CC(=O)O2)O1. The third kappa shape index (κ3) is 5.79. The van der Waals surface area contributed by atoms with Gasteiger partial charge in [-0.2, -0.15) is 0 Å². The van der Waals surface area contributed by atoms with Crippen LogP contribution in [0.1, 0.15) is 25.7 Å². The monoisotopic (exact) mass is 289 g/mol. The minimum atomic E-state index is -0.295. The zero-order chi connectivity index (χ0) is 14.9. The second-order valence-electron chi connectivity index (χ2n) is 4.76. The zero-order valence-corrected chi connectivity index (χ0v) is 11.8. The standard InChI is InChI=1S/C16H19NO4/c18-15-9-7-13(20-15)5-1-3-11-17-12-4-2-6-14-8-10-16(19)21-14/h5-10,17H,1-4,11-12H2/b13-5+,14-6+. The molecule has 1 N–H and O–H groups in total. The Hall–Kier alpha value is -2.14. The smallest absolute Gasteiger partial charge is 0.336 e. The van der Waals surface area contributed by atoms with Gasteiger partial charge in [0, 0.05) is 12.2 Å². The number of nitrogens with one attached hydrogen (secondary N) is 1. The summed E-state index contributed by atoms with van der Waals surface area (Å²) in [6, 6.07) is 0. The molecule has 5 nitrogen and oxygen atoms in total. The highest BCUT2D eigenvalue weighted by atomic mass is 16.5. The summed E-state index contributed by atoms with van der Waals surface area (Å²) >= 11 is 0. The number of unbranched alkanes of at least 4 members (excludes halogenated alkanes) is 2. The number of esters is 2. The normalized spacial score (nSPS) is 20.6.